The number of hydrogen-bond donors (Lipinski definition) is 0. The zero-order chi connectivity index (χ0) is 19.3. The fourth-order valence-electron chi connectivity index (χ4n) is 2.79. The van der Waals surface area contributed by atoms with Crippen LogP contribution < -0.4 is 10.4 Å². The van der Waals surface area contributed by atoms with E-state index in [0.29, 0.717) is 11.2 Å². The van der Waals surface area contributed by atoms with E-state index in [0.717, 1.165) is 0 Å². The second-order valence-corrected chi connectivity index (χ2v) is 7.50. The molecule has 2 aromatic rings. The quantitative estimate of drug-likeness (QED) is 0.788. The van der Waals surface area contributed by atoms with Gasteiger partial charge in [0, 0.05) is 20.3 Å². The molecule has 6 nitrogen and oxygen atoms in total. The standard InChI is InChI=1S/C18H23BFN3O3/c1-17(2)18(3,4)26-19(25-17)12-7-8-14(13(20)11-12)22(5)16(24)15-9-10-21-23(15)6/h7-11H,1-6H3. The van der Waals surface area contributed by atoms with Crippen molar-refractivity contribution in [2.75, 3.05) is 11.9 Å². The van der Waals surface area contributed by atoms with Crippen LogP contribution in [-0.4, -0.2) is 41.1 Å². The zero-order valence-electron chi connectivity index (χ0n) is 15.9. The van der Waals surface area contributed by atoms with Gasteiger partial charge in [0.1, 0.15) is 11.5 Å². The zero-order valence-corrected chi connectivity index (χ0v) is 15.9. The minimum absolute atomic E-state index is 0.177. The van der Waals surface area contributed by atoms with Gasteiger partial charge in [-0.15, -0.1) is 0 Å². The first-order chi connectivity index (χ1) is 12.0. The van der Waals surface area contributed by atoms with E-state index in [-0.39, 0.29) is 11.6 Å². The van der Waals surface area contributed by atoms with Crippen LogP contribution in [0.1, 0.15) is 38.2 Å². The van der Waals surface area contributed by atoms with Crippen LogP contribution in [0.15, 0.2) is 30.5 Å². The predicted molar refractivity (Wildman–Crippen MR) is 98.1 cm³/mol. The molecule has 2 heterocycles. The van der Waals surface area contributed by atoms with E-state index in [1.807, 2.05) is 27.7 Å². The third-order valence-electron chi connectivity index (χ3n) is 5.20. The molecule has 0 N–H and O–H groups in total. The van der Waals surface area contributed by atoms with Crippen LogP contribution in [0.5, 0.6) is 0 Å². The molecule has 0 unspecified atom stereocenters. The van der Waals surface area contributed by atoms with E-state index in [4.69, 9.17) is 9.31 Å². The first-order valence-corrected chi connectivity index (χ1v) is 8.44. The minimum Gasteiger partial charge on any atom is -0.399 e. The van der Waals surface area contributed by atoms with Gasteiger partial charge in [-0.1, -0.05) is 6.07 Å². The molecule has 26 heavy (non-hydrogen) atoms. The summed E-state index contributed by atoms with van der Waals surface area (Å²) in [7, 11) is 2.54. The maximum atomic E-state index is 14.7. The van der Waals surface area contributed by atoms with E-state index in [2.05, 4.69) is 5.10 Å². The summed E-state index contributed by atoms with van der Waals surface area (Å²) in [5.41, 5.74) is 0.128. The van der Waals surface area contributed by atoms with Crippen LogP contribution in [0, 0.1) is 5.82 Å². The Morgan fingerprint density at radius 3 is 2.31 bits per heavy atom. The fourth-order valence-corrected chi connectivity index (χ4v) is 2.79. The number of nitrogens with zero attached hydrogens (tertiary/aromatic N) is 3. The maximum Gasteiger partial charge on any atom is 0.494 e. The number of benzene rings is 1. The van der Waals surface area contributed by atoms with Gasteiger partial charge in [0.25, 0.3) is 5.91 Å². The lowest BCUT2D eigenvalue weighted by molar-refractivity contribution is 0.00578. The molecule has 1 fully saturated rings. The second kappa shape index (κ2) is 6.21. The van der Waals surface area contributed by atoms with Gasteiger partial charge < -0.3 is 14.2 Å². The monoisotopic (exact) mass is 359 g/mol. The number of carbonyl (C=O) groups excluding carboxylic acids is 1. The van der Waals surface area contributed by atoms with Gasteiger partial charge in [-0.05, 0) is 51.4 Å². The summed E-state index contributed by atoms with van der Waals surface area (Å²) < 4.78 is 28.1. The van der Waals surface area contributed by atoms with Crippen molar-refractivity contribution < 1.29 is 18.5 Å². The van der Waals surface area contributed by atoms with E-state index in [9.17, 15) is 9.18 Å². The molecule has 0 radical (unpaired) electrons. The van der Waals surface area contributed by atoms with E-state index in [1.165, 1.54) is 28.9 Å². The summed E-state index contributed by atoms with van der Waals surface area (Å²) in [6.45, 7) is 7.77. The lowest BCUT2D eigenvalue weighted by Gasteiger charge is -2.32. The number of anilines is 1. The van der Waals surface area contributed by atoms with Gasteiger partial charge in [0.05, 0.1) is 16.9 Å². The number of halogens is 1. The number of hydrogen-bond acceptors (Lipinski definition) is 4. The first kappa shape index (κ1) is 18.6. The Labute approximate surface area is 153 Å². The average molecular weight is 359 g/mol. The van der Waals surface area contributed by atoms with Gasteiger partial charge in [-0.25, -0.2) is 4.39 Å². The van der Waals surface area contributed by atoms with Crippen molar-refractivity contribution in [3.05, 3.63) is 42.0 Å². The van der Waals surface area contributed by atoms with Crippen LogP contribution in [-0.2, 0) is 16.4 Å². The Morgan fingerprint density at radius 2 is 1.81 bits per heavy atom. The summed E-state index contributed by atoms with van der Waals surface area (Å²) in [5, 5.41) is 3.97. The Hall–Kier alpha value is -2.19. The average Bonchev–Trinajstić information content (AvgIpc) is 3.06. The summed E-state index contributed by atoms with van der Waals surface area (Å²) >= 11 is 0. The molecular formula is C18H23BFN3O3. The lowest BCUT2D eigenvalue weighted by atomic mass is 9.79. The number of amides is 1. The van der Waals surface area contributed by atoms with Crippen LogP contribution in [0.2, 0.25) is 0 Å². The van der Waals surface area contributed by atoms with Crippen molar-refractivity contribution in [2.45, 2.75) is 38.9 Å². The molecule has 1 saturated heterocycles. The highest BCUT2D eigenvalue weighted by Crippen LogP contribution is 2.36. The molecule has 1 aromatic carbocycles. The molecule has 0 spiro atoms. The SMILES string of the molecule is CN(C(=O)c1ccnn1C)c1ccc(B2OC(C)(C)C(C)(C)O2)cc1F. The molecule has 0 saturated carbocycles. The third-order valence-corrected chi connectivity index (χ3v) is 5.20. The molecule has 1 aromatic heterocycles. The number of rotatable bonds is 3. The molecule has 0 aliphatic carbocycles. The van der Waals surface area contributed by atoms with Crippen LogP contribution in [0.4, 0.5) is 10.1 Å². The van der Waals surface area contributed by atoms with E-state index >= 15 is 0 Å². The van der Waals surface area contributed by atoms with Crippen molar-refractivity contribution in [1.82, 2.24) is 9.78 Å². The van der Waals surface area contributed by atoms with Gasteiger partial charge >= 0.3 is 7.12 Å². The minimum atomic E-state index is -0.651. The van der Waals surface area contributed by atoms with Crippen molar-refractivity contribution in [3.8, 4) is 0 Å². The normalized spacial score (nSPS) is 18.2. The van der Waals surface area contributed by atoms with Crippen LogP contribution in [0.25, 0.3) is 0 Å². The second-order valence-electron chi connectivity index (χ2n) is 7.50. The Morgan fingerprint density at radius 1 is 1.19 bits per heavy atom. The topological polar surface area (TPSA) is 56.6 Å². The van der Waals surface area contributed by atoms with Gasteiger partial charge in [0.15, 0.2) is 0 Å². The Balaban J connectivity index is 1.85. The highest BCUT2D eigenvalue weighted by molar-refractivity contribution is 6.62. The van der Waals surface area contributed by atoms with Crippen molar-refractivity contribution in [1.29, 1.82) is 0 Å². The maximum absolute atomic E-state index is 14.7. The highest BCUT2D eigenvalue weighted by atomic mass is 19.1. The fraction of sp³-hybridized carbons (Fsp3) is 0.444. The van der Waals surface area contributed by atoms with Crippen molar-refractivity contribution >= 4 is 24.2 Å². The highest BCUT2D eigenvalue weighted by Gasteiger charge is 2.51. The smallest absolute Gasteiger partial charge is 0.399 e. The van der Waals surface area contributed by atoms with Gasteiger partial charge in [-0.2, -0.15) is 5.10 Å². The van der Waals surface area contributed by atoms with Crippen molar-refractivity contribution in [3.63, 3.8) is 0 Å². The van der Waals surface area contributed by atoms with Gasteiger partial charge in [-0.3, -0.25) is 9.48 Å². The molecule has 3 rings (SSSR count). The Kier molecular flexibility index (Phi) is 4.44. The molecule has 138 valence electrons. The first-order valence-electron chi connectivity index (χ1n) is 8.44. The van der Waals surface area contributed by atoms with Crippen LogP contribution >= 0.6 is 0 Å². The molecule has 0 atom stereocenters. The van der Waals surface area contributed by atoms with Gasteiger partial charge in [0.2, 0.25) is 0 Å². The summed E-state index contributed by atoms with van der Waals surface area (Å²) in [6.07, 6.45) is 1.53. The molecule has 8 heteroatoms. The number of aromatic nitrogens is 2. The third kappa shape index (κ3) is 3.03. The summed E-state index contributed by atoms with van der Waals surface area (Å²) in [6, 6.07) is 6.22. The molecule has 1 aliphatic heterocycles. The van der Waals surface area contributed by atoms with E-state index in [1.54, 1.807) is 25.2 Å². The van der Waals surface area contributed by atoms with Crippen molar-refractivity contribution in [2.24, 2.45) is 7.05 Å². The lowest BCUT2D eigenvalue weighted by Crippen LogP contribution is -2.41. The van der Waals surface area contributed by atoms with Crippen LogP contribution in [0.3, 0.4) is 0 Å². The summed E-state index contributed by atoms with van der Waals surface area (Å²) in [5.74, 6) is -0.859. The largest absolute Gasteiger partial charge is 0.494 e. The number of aryl methyl sites for hydroxylation is 1. The Bertz CT molecular complexity index is 834. The molecule has 1 aliphatic rings. The number of carbonyl (C=O) groups is 1. The molecule has 0 bridgehead atoms. The molecular weight excluding hydrogens is 336 g/mol. The predicted octanol–water partition coefficient (Wildman–Crippen LogP) is 2.13. The molecule has 1 amide bonds. The summed E-state index contributed by atoms with van der Waals surface area (Å²) in [4.78, 5) is 13.8. The van der Waals surface area contributed by atoms with E-state index < -0.39 is 24.1 Å².